The van der Waals surface area contributed by atoms with Crippen molar-refractivity contribution in [2.24, 2.45) is 0 Å². The molecule has 0 spiro atoms. The Labute approximate surface area is 240 Å². The Kier molecular flexibility index (Phi) is 6.26. The molecule has 0 N–H and O–H groups in total. The fraction of sp³-hybridized carbons (Fsp3) is 0.161. The fourth-order valence-electron chi connectivity index (χ4n) is 5.04. The van der Waals surface area contributed by atoms with E-state index in [0.29, 0.717) is 5.95 Å². The fourth-order valence-corrected chi connectivity index (χ4v) is 7.95. The number of hydrogen-bond donors (Lipinski definition) is 0. The molecule has 7 nitrogen and oxygen atoms in total. The molecule has 3 heterocycles. The summed E-state index contributed by atoms with van der Waals surface area (Å²) >= 11 is 3.32. The Morgan fingerprint density at radius 3 is 2.20 bits per heavy atom. The SMILES string of the molecule is [C-]#[N+]/C(C#N)=C\c1cc2sc3c(c2s1)C(C)(C)c1nc(N(c2ccc(OC)cc2)c2ccc(OC)cc2)ncc1-3. The molecule has 6 rings (SSSR count). The molecular formula is C31H23N5O2S2. The molecule has 0 saturated heterocycles. The highest BCUT2D eigenvalue weighted by Gasteiger charge is 2.42. The van der Waals surface area contributed by atoms with E-state index in [9.17, 15) is 5.26 Å². The molecular weight excluding hydrogens is 539 g/mol. The molecule has 196 valence electrons. The number of aromatic nitrogens is 2. The molecule has 3 aromatic heterocycles. The normalized spacial score (nSPS) is 13.3. The minimum Gasteiger partial charge on any atom is -0.497 e. The highest BCUT2D eigenvalue weighted by atomic mass is 32.1. The second kappa shape index (κ2) is 9.80. The summed E-state index contributed by atoms with van der Waals surface area (Å²) in [4.78, 5) is 17.5. The van der Waals surface area contributed by atoms with Crippen molar-refractivity contribution in [2.45, 2.75) is 19.3 Å². The number of methoxy groups -OCH3 is 2. The zero-order valence-electron chi connectivity index (χ0n) is 22.2. The minimum absolute atomic E-state index is 0.0840. The maximum atomic E-state index is 9.20. The van der Waals surface area contributed by atoms with Crippen LogP contribution in [0.5, 0.6) is 11.5 Å². The maximum Gasteiger partial charge on any atom is 0.263 e. The lowest BCUT2D eigenvalue weighted by atomic mass is 9.86. The Morgan fingerprint density at radius 2 is 1.65 bits per heavy atom. The lowest BCUT2D eigenvalue weighted by molar-refractivity contribution is 0.415. The quantitative estimate of drug-likeness (QED) is 0.153. The van der Waals surface area contributed by atoms with Crippen LogP contribution in [0.3, 0.4) is 0 Å². The number of hydrogen-bond acceptors (Lipinski definition) is 8. The van der Waals surface area contributed by atoms with Crippen LogP contribution >= 0.6 is 22.7 Å². The Balaban J connectivity index is 1.47. The smallest absolute Gasteiger partial charge is 0.263 e. The zero-order chi connectivity index (χ0) is 28.0. The van der Waals surface area contributed by atoms with Gasteiger partial charge in [0.15, 0.2) is 0 Å². The number of anilines is 3. The number of nitrogens with zero attached hydrogens (tertiary/aromatic N) is 5. The van der Waals surface area contributed by atoms with Gasteiger partial charge in [-0.15, -0.1) is 22.7 Å². The van der Waals surface area contributed by atoms with Crippen molar-refractivity contribution in [3.8, 4) is 28.0 Å². The van der Waals surface area contributed by atoms with Crippen LogP contribution in [0.15, 0.2) is 66.5 Å². The van der Waals surface area contributed by atoms with E-state index in [4.69, 9.17) is 26.0 Å². The summed E-state index contributed by atoms with van der Waals surface area (Å²) in [5.74, 6) is 2.11. The summed E-state index contributed by atoms with van der Waals surface area (Å²) in [5.41, 5.74) is 4.76. The van der Waals surface area contributed by atoms with Crippen molar-refractivity contribution in [2.75, 3.05) is 19.1 Å². The van der Waals surface area contributed by atoms with Gasteiger partial charge < -0.3 is 9.47 Å². The third kappa shape index (κ3) is 4.08. The van der Waals surface area contributed by atoms with Crippen molar-refractivity contribution >= 4 is 55.5 Å². The minimum atomic E-state index is -0.365. The molecule has 0 unspecified atom stereocenters. The van der Waals surface area contributed by atoms with Crippen LogP contribution in [0.25, 0.3) is 30.8 Å². The summed E-state index contributed by atoms with van der Waals surface area (Å²) in [6, 6.07) is 19.7. The van der Waals surface area contributed by atoms with Gasteiger partial charge >= 0.3 is 0 Å². The van der Waals surface area contributed by atoms with Crippen LogP contribution in [0.4, 0.5) is 17.3 Å². The highest BCUT2D eigenvalue weighted by Crippen LogP contribution is 2.56. The molecule has 0 amide bonds. The van der Waals surface area contributed by atoms with E-state index in [1.807, 2.05) is 65.7 Å². The molecule has 0 bridgehead atoms. The van der Waals surface area contributed by atoms with Gasteiger partial charge in [-0.05, 0) is 60.7 Å². The van der Waals surface area contributed by atoms with Gasteiger partial charge in [-0.25, -0.2) is 20.1 Å². The lowest BCUT2D eigenvalue weighted by Gasteiger charge is -2.26. The summed E-state index contributed by atoms with van der Waals surface area (Å²) in [6.45, 7) is 11.6. The zero-order valence-corrected chi connectivity index (χ0v) is 23.9. The van der Waals surface area contributed by atoms with E-state index in [1.165, 1.54) is 15.1 Å². The van der Waals surface area contributed by atoms with Crippen LogP contribution in [-0.4, -0.2) is 24.2 Å². The van der Waals surface area contributed by atoms with Gasteiger partial charge in [0.1, 0.15) is 11.5 Å². The predicted molar refractivity (Wildman–Crippen MR) is 161 cm³/mol. The maximum absolute atomic E-state index is 9.20. The van der Waals surface area contributed by atoms with E-state index in [0.717, 1.165) is 43.7 Å². The molecule has 2 aromatic carbocycles. The average molecular weight is 562 g/mol. The molecule has 9 heteroatoms. The van der Waals surface area contributed by atoms with Crippen LogP contribution in [-0.2, 0) is 5.41 Å². The Hall–Kier alpha value is -4.70. The van der Waals surface area contributed by atoms with Gasteiger partial charge in [0.2, 0.25) is 5.95 Å². The molecule has 0 aliphatic heterocycles. The second-order valence-electron chi connectivity index (χ2n) is 9.69. The first-order valence-corrected chi connectivity index (χ1v) is 14.0. The van der Waals surface area contributed by atoms with Crippen LogP contribution in [0.1, 0.15) is 30.0 Å². The molecule has 0 fully saturated rings. The summed E-state index contributed by atoms with van der Waals surface area (Å²) in [7, 11) is 3.30. The van der Waals surface area contributed by atoms with Gasteiger partial charge in [0, 0.05) is 48.6 Å². The molecule has 0 atom stereocenters. The number of nitriles is 1. The van der Waals surface area contributed by atoms with Crippen molar-refractivity contribution in [1.29, 1.82) is 5.26 Å². The summed E-state index contributed by atoms with van der Waals surface area (Å²) in [5, 5.41) is 9.20. The van der Waals surface area contributed by atoms with Crippen molar-refractivity contribution < 1.29 is 9.47 Å². The number of benzene rings is 2. The van der Waals surface area contributed by atoms with E-state index in [2.05, 4.69) is 24.8 Å². The van der Waals surface area contributed by atoms with Gasteiger partial charge in [0.25, 0.3) is 5.70 Å². The molecule has 0 saturated carbocycles. The second-order valence-corrected chi connectivity index (χ2v) is 11.8. The number of thiophene rings is 2. The monoisotopic (exact) mass is 561 g/mol. The third-order valence-corrected chi connectivity index (χ3v) is 9.39. The molecule has 40 heavy (non-hydrogen) atoms. The van der Waals surface area contributed by atoms with Crippen LogP contribution in [0.2, 0.25) is 0 Å². The topological polar surface area (TPSA) is 75.6 Å². The van der Waals surface area contributed by atoms with Gasteiger partial charge in [0.05, 0.1) is 37.3 Å². The van der Waals surface area contributed by atoms with E-state index in [-0.39, 0.29) is 11.1 Å². The highest BCUT2D eigenvalue weighted by molar-refractivity contribution is 7.30. The summed E-state index contributed by atoms with van der Waals surface area (Å²) in [6.07, 6.45) is 3.59. The number of allylic oxidation sites excluding steroid dienone is 1. The number of ether oxygens (including phenoxy) is 2. The summed E-state index contributed by atoms with van der Waals surface area (Å²) < 4.78 is 13.1. The van der Waals surface area contributed by atoms with E-state index in [1.54, 1.807) is 43.0 Å². The molecule has 1 aliphatic rings. The third-order valence-electron chi connectivity index (χ3n) is 7.00. The van der Waals surface area contributed by atoms with Crippen LogP contribution < -0.4 is 14.4 Å². The van der Waals surface area contributed by atoms with E-state index >= 15 is 0 Å². The Morgan fingerprint density at radius 1 is 1.02 bits per heavy atom. The Bertz CT molecular complexity index is 1810. The predicted octanol–water partition coefficient (Wildman–Crippen LogP) is 8.33. The van der Waals surface area contributed by atoms with Gasteiger partial charge in [-0.3, -0.25) is 4.90 Å². The number of rotatable bonds is 6. The molecule has 5 aromatic rings. The molecule has 0 radical (unpaired) electrons. The number of fused-ring (bicyclic) bond motifs is 5. The van der Waals surface area contributed by atoms with Crippen molar-refractivity contribution in [1.82, 2.24) is 9.97 Å². The first-order chi connectivity index (χ1) is 19.4. The molecule has 1 aliphatic carbocycles. The first-order valence-electron chi connectivity index (χ1n) is 12.4. The van der Waals surface area contributed by atoms with Gasteiger partial charge in [-0.1, -0.05) is 13.8 Å². The lowest BCUT2D eigenvalue weighted by Crippen LogP contribution is -2.20. The largest absolute Gasteiger partial charge is 0.497 e. The standard InChI is InChI=1S/C31H23N5O2S2/c1-31(2)26-27(40-25-15-23(39-28(25)26)14-18(16-32)33-3)24-17-34-30(35-29(24)31)36(19-6-10-21(37-4)11-7-19)20-8-12-22(38-5)13-9-20/h6-15,17H,1-2,4-5H3/b18-14-. The van der Waals surface area contributed by atoms with Gasteiger partial charge in [-0.2, -0.15) is 0 Å². The van der Waals surface area contributed by atoms with E-state index < -0.39 is 0 Å². The van der Waals surface area contributed by atoms with Crippen molar-refractivity contribution in [3.05, 3.63) is 94.0 Å². The first kappa shape index (κ1) is 25.6. The van der Waals surface area contributed by atoms with Crippen molar-refractivity contribution in [3.63, 3.8) is 0 Å². The van der Waals surface area contributed by atoms with Crippen LogP contribution in [0, 0.1) is 17.9 Å². The average Bonchev–Trinajstić information content (AvgIpc) is 3.60.